The molecule has 2 aliphatic rings. The van der Waals surface area contributed by atoms with Gasteiger partial charge in [-0.3, -0.25) is 9.59 Å². The van der Waals surface area contributed by atoms with Crippen molar-refractivity contribution >= 4 is 11.8 Å². The summed E-state index contributed by atoms with van der Waals surface area (Å²) in [6, 6.07) is -0.264. The van der Waals surface area contributed by atoms with E-state index in [0.717, 1.165) is 0 Å². The Balaban J connectivity index is 2.01. The molecule has 2 fully saturated rings. The zero-order valence-corrected chi connectivity index (χ0v) is 11.5. The third-order valence-corrected chi connectivity index (χ3v) is 4.69. The highest BCUT2D eigenvalue weighted by Gasteiger charge is 2.60. The van der Waals surface area contributed by atoms with Gasteiger partial charge in [0, 0.05) is 29.3 Å². The summed E-state index contributed by atoms with van der Waals surface area (Å²) in [5.74, 6) is -0.127. The van der Waals surface area contributed by atoms with E-state index in [0.29, 0.717) is 12.8 Å². The molecule has 1 saturated carbocycles. The highest BCUT2D eigenvalue weighted by atomic mass is 16.2. The number of hydrogen-bond acceptors (Lipinski definition) is 3. The SMILES string of the molecule is CC1(C)C(N)C(C)(C)C1NC(=O)[C@@H]1CCC(=O)N1. The molecule has 2 amide bonds. The maximum atomic E-state index is 12.1. The number of carbonyl (C=O) groups is 2. The summed E-state index contributed by atoms with van der Waals surface area (Å²) in [5, 5.41) is 5.75. The summed E-state index contributed by atoms with van der Waals surface area (Å²) in [6.07, 6.45) is 1.03. The Morgan fingerprint density at radius 2 is 1.89 bits per heavy atom. The quantitative estimate of drug-likeness (QED) is 0.654. The lowest BCUT2D eigenvalue weighted by Crippen LogP contribution is -2.76. The molecular weight excluding hydrogens is 230 g/mol. The predicted molar refractivity (Wildman–Crippen MR) is 68.6 cm³/mol. The van der Waals surface area contributed by atoms with Crippen LogP contribution in [0.4, 0.5) is 0 Å². The van der Waals surface area contributed by atoms with Crippen molar-refractivity contribution in [2.24, 2.45) is 16.6 Å². The monoisotopic (exact) mass is 253 g/mol. The standard InChI is InChI=1S/C13H23N3O2/c1-12(2)10(14)13(3,4)11(12)16-9(18)7-5-6-8(17)15-7/h7,10-11H,5-6,14H2,1-4H3,(H,15,17)(H,16,18)/t7-,10?,11?/m0/s1. The molecule has 1 aliphatic heterocycles. The number of amides is 2. The molecule has 1 atom stereocenters. The minimum Gasteiger partial charge on any atom is -0.350 e. The van der Waals surface area contributed by atoms with Gasteiger partial charge in [-0.1, -0.05) is 27.7 Å². The van der Waals surface area contributed by atoms with Crippen LogP contribution >= 0.6 is 0 Å². The lowest BCUT2D eigenvalue weighted by Gasteiger charge is -2.63. The predicted octanol–water partition coefficient (Wildman–Crippen LogP) is 0.143. The van der Waals surface area contributed by atoms with E-state index in [4.69, 9.17) is 5.73 Å². The first-order valence-corrected chi connectivity index (χ1v) is 6.52. The highest BCUT2D eigenvalue weighted by Crippen LogP contribution is 2.52. The second-order valence-electron chi connectivity index (χ2n) is 6.72. The first-order valence-electron chi connectivity index (χ1n) is 6.52. The van der Waals surface area contributed by atoms with Gasteiger partial charge in [0.2, 0.25) is 11.8 Å². The average Bonchev–Trinajstić information content (AvgIpc) is 2.71. The van der Waals surface area contributed by atoms with Crippen molar-refractivity contribution in [3.63, 3.8) is 0 Å². The van der Waals surface area contributed by atoms with Gasteiger partial charge in [0.05, 0.1) is 0 Å². The molecule has 1 heterocycles. The molecule has 5 heteroatoms. The number of nitrogens with one attached hydrogen (secondary N) is 2. The fourth-order valence-electron chi connectivity index (χ4n) is 3.61. The topological polar surface area (TPSA) is 84.2 Å². The number of rotatable bonds is 2. The molecule has 18 heavy (non-hydrogen) atoms. The highest BCUT2D eigenvalue weighted by molar-refractivity contribution is 5.91. The van der Waals surface area contributed by atoms with Crippen LogP contribution in [0.2, 0.25) is 0 Å². The first kappa shape index (κ1) is 13.3. The lowest BCUT2D eigenvalue weighted by molar-refractivity contribution is -0.134. The number of hydrogen-bond donors (Lipinski definition) is 3. The van der Waals surface area contributed by atoms with E-state index >= 15 is 0 Å². The van der Waals surface area contributed by atoms with Gasteiger partial charge < -0.3 is 16.4 Å². The summed E-state index contributed by atoms with van der Waals surface area (Å²) >= 11 is 0. The maximum absolute atomic E-state index is 12.1. The van der Waals surface area contributed by atoms with E-state index in [1.165, 1.54) is 0 Å². The zero-order chi connectivity index (χ0) is 13.7. The molecule has 5 nitrogen and oxygen atoms in total. The molecule has 0 spiro atoms. The Hall–Kier alpha value is -1.10. The van der Waals surface area contributed by atoms with Gasteiger partial charge in [-0.15, -0.1) is 0 Å². The normalized spacial score (nSPS) is 36.7. The average molecular weight is 253 g/mol. The molecule has 1 aliphatic carbocycles. The van der Waals surface area contributed by atoms with Crippen LogP contribution in [-0.4, -0.2) is 29.9 Å². The van der Waals surface area contributed by atoms with E-state index in [1.807, 2.05) is 0 Å². The molecule has 1 saturated heterocycles. The van der Waals surface area contributed by atoms with E-state index in [9.17, 15) is 9.59 Å². The zero-order valence-electron chi connectivity index (χ0n) is 11.5. The van der Waals surface area contributed by atoms with E-state index in [-0.39, 0.29) is 40.8 Å². The third-order valence-electron chi connectivity index (χ3n) is 4.69. The van der Waals surface area contributed by atoms with Gasteiger partial charge in [0.1, 0.15) is 6.04 Å². The second-order valence-corrected chi connectivity index (χ2v) is 6.72. The number of nitrogens with two attached hydrogens (primary N) is 1. The first-order chi connectivity index (χ1) is 8.17. The molecule has 0 aromatic rings. The van der Waals surface area contributed by atoms with Gasteiger partial charge in [-0.2, -0.15) is 0 Å². The van der Waals surface area contributed by atoms with Gasteiger partial charge in [0.15, 0.2) is 0 Å². The van der Waals surface area contributed by atoms with Crippen LogP contribution in [-0.2, 0) is 9.59 Å². The molecule has 102 valence electrons. The molecule has 0 bridgehead atoms. The summed E-state index contributed by atoms with van der Waals surface area (Å²) in [5.41, 5.74) is 5.94. The van der Waals surface area contributed by atoms with Crippen molar-refractivity contribution in [2.75, 3.05) is 0 Å². The van der Waals surface area contributed by atoms with Gasteiger partial charge in [-0.25, -0.2) is 0 Å². The van der Waals surface area contributed by atoms with Gasteiger partial charge >= 0.3 is 0 Å². The summed E-state index contributed by atoms with van der Waals surface area (Å²) in [7, 11) is 0. The van der Waals surface area contributed by atoms with Crippen LogP contribution in [0.1, 0.15) is 40.5 Å². The molecule has 0 aromatic heterocycles. The van der Waals surface area contributed by atoms with Gasteiger partial charge in [-0.05, 0) is 6.42 Å². The Bertz CT molecular complexity index is 374. The van der Waals surface area contributed by atoms with Crippen LogP contribution in [0, 0.1) is 10.8 Å². The summed E-state index contributed by atoms with van der Waals surface area (Å²) < 4.78 is 0. The maximum Gasteiger partial charge on any atom is 0.242 e. The van der Waals surface area contributed by atoms with Crippen LogP contribution in [0.5, 0.6) is 0 Å². The van der Waals surface area contributed by atoms with Crippen LogP contribution in [0.3, 0.4) is 0 Å². The van der Waals surface area contributed by atoms with Crippen LogP contribution < -0.4 is 16.4 Å². The molecule has 4 N–H and O–H groups in total. The van der Waals surface area contributed by atoms with Crippen molar-refractivity contribution in [3.05, 3.63) is 0 Å². The Kier molecular flexibility index (Phi) is 2.93. The van der Waals surface area contributed by atoms with Crippen molar-refractivity contribution in [1.29, 1.82) is 0 Å². The third kappa shape index (κ3) is 1.81. The Labute approximate surface area is 108 Å². The van der Waals surface area contributed by atoms with Crippen molar-refractivity contribution < 1.29 is 9.59 Å². The molecule has 0 aromatic carbocycles. The van der Waals surface area contributed by atoms with E-state index < -0.39 is 0 Å². The lowest BCUT2D eigenvalue weighted by atomic mass is 9.48. The van der Waals surface area contributed by atoms with Crippen molar-refractivity contribution in [2.45, 2.75) is 58.7 Å². The molecular formula is C13H23N3O2. The van der Waals surface area contributed by atoms with Crippen molar-refractivity contribution in [3.8, 4) is 0 Å². The Morgan fingerprint density at radius 3 is 2.33 bits per heavy atom. The largest absolute Gasteiger partial charge is 0.350 e. The minimum absolute atomic E-state index is 0.0426. The van der Waals surface area contributed by atoms with Crippen LogP contribution in [0.15, 0.2) is 0 Å². The fourth-order valence-corrected chi connectivity index (χ4v) is 3.61. The summed E-state index contributed by atoms with van der Waals surface area (Å²) in [6.45, 7) is 8.28. The minimum atomic E-state index is -0.374. The van der Waals surface area contributed by atoms with E-state index in [2.05, 4.69) is 38.3 Å². The van der Waals surface area contributed by atoms with Crippen molar-refractivity contribution in [1.82, 2.24) is 10.6 Å². The molecule has 2 rings (SSSR count). The molecule has 0 unspecified atom stereocenters. The van der Waals surface area contributed by atoms with E-state index in [1.54, 1.807) is 0 Å². The number of carbonyl (C=O) groups excluding carboxylic acids is 2. The smallest absolute Gasteiger partial charge is 0.242 e. The van der Waals surface area contributed by atoms with Gasteiger partial charge in [0.25, 0.3) is 0 Å². The summed E-state index contributed by atoms with van der Waals surface area (Å²) in [4.78, 5) is 23.2. The second kappa shape index (κ2) is 3.95. The molecule has 0 radical (unpaired) electrons. The van der Waals surface area contributed by atoms with Crippen LogP contribution in [0.25, 0.3) is 0 Å². The fraction of sp³-hybridized carbons (Fsp3) is 0.846. The Morgan fingerprint density at radius 1 is 1.33 bits per heavy atom.